The SMILES string of the molecule is Nc1cn(-c2ccc3nccnc3n2)nc1C(=O)O. The van der Waals surface area contributed by atoms with Crippen LogP contribution in [0.3, 0.4) is 0 Å². The maximum Gasteiger partial charge on any atom is 0.358 e. The summed E-state index contributed by atoms with van der Waals surface area (Å²) in [5, 5.41) is 12.8. The number of pyridine rings is 1. The van der Waals surface area contributed by atoms with E-state index in [-0.39, 0.29) is 11.4 Å². The van der Waals surface area contributed by atoms with E-state index in [0.29, 0.717) is 17.0 Å². The number of nitrogens with zero attached hydrogens (tertiary/aromatic N) is 5. The van der Waals surface area contributed by atoms with Crippen molar-refractivity contribution in [1.82, 2.24) is 24.7 Å². The van der Waals surface area contributed by atoms with Gasteiger partial charge in [0.2, 0.25) is 0 Å². The van der Waals surface area contributed by atoms with E-state index in [0.717, 1.165) is 0 Å². The molecule has 0 amide bonds. The molecule has 8 nitrogen and oxygen atoms in total. The molecule has 0 unspecified atom stereocenters. The first-order valence-electron chi connectivity index (χ1n) is 5.32. The molecule has 8 heteroatoms. The summed E-state index contributed by atoms with van der Waals surface area (Å²) in [6.45, 7) is 0. The average Bonchev–Trinajstić information content (AvgIpc) is 2.80. The van der Waals surface area contributed by atoms with E-state index in [9.17, 15) is 4.79 Å². The summed E-state index contributed by atoms with van der Waals surface area (Å²) >= 11 is 0. The summed E-state index contributed by atoms with van der Waals surface area (Å²) in [5.74, 6) is -0.760. The maximum atomic E-state index is 10.9. The van der Waals surface area contributed by atoms with Crippen LogP contribution < -0.4 is 5.73 Å². The van der Waals surface area contributed by atoms with Gasteiger partial charge in [0.25, 0.3) is 0 Å². The van der Waals surface area contributed by atoms with Gasteiger partial charge in [0.05, 0.1) is 11.9 Å². The minimum atomic E-state index is -1.18. The van der Waals surface area contributed by atoms with E-state index < -0.39 is 5.97 Å². The molecule has 0 aliphatic heterocycles. The number of nitrogen functional groups attached to an aromatic ring is 1. The number of carboxylic acid groups (broad SMARTS) is 1. The Morgan fingerprint density at radius 1 is 1.26 bits per heavy atom. The van der Waals surface area contributed by atoms with Gasteiger partial charge >= 0.3 is 5.97 Å². The van der Waals surface area contributed by atoms with Crippen LogP contribution in [0.5, 0.6) is 0 Å². The lowest BCUT2D eigenvalue weighted by Gasteiger charge is -2.00. The number of aromatic nitrogens is 5. The number of hydrogen-bond acceptors (Lipinski definition) is 6. The van der Waals surface area contributed by atoms with Gasteiger partial charge in [-0.25, -0.2) is 19.4 Å². The minimum absolute atomic E-state index is 0.0774. The standard InChI is InChI=1S/C11H8N6O2/c12-6-5-17(16-9(6)11(18)19)8-2-1-7-10(15-8)14-4-3-13-7/h1-5H,12H2,(H,18,19). The topological polar surface area (TPSA) is 120 Å². The van der Waals surface area contributed by atoms with Crippen molar-refractivity contribution in [3.8, 4) is 5.82 Å². The Balaban J connectivity index is 2.13. The highest BCUT2D eigenvalue weighted by molar-refractivity contribution is 5.91. The van der Waals surface area contributed by atoms with E-state index in [1.807, 2.05) is 0 Å². The fourth-order valence-electron chi connectivity index (χ4n) is 1.64. The molecule has 0 spiro atoms. The Hall–Kier alpha value is -3.03. The summed E-state index contributed by atoms with van der Waals surface area (Å²) in [7, 11) is 0. The molecule has 0 saturated heterocycles. The first kappa shape index (κ1) is 11.1. The molecule has 3 aromatic rings. The molecule has 3 aromatic heterocycles. The molecule has 0 radical (unpaired) electrons. The zero-order chi connectivity index (χ0) is 13.4. The van der Waals surface area contributed by atoms with Crippen LogP contribution in [0, 0.1) is 0 Å². The number of nitrogens with two attached hydrogens (primary N) is 1. The number of carboxylic acids is 1. The predicted molar refractivity (Wildman–Crippen MR) is 65.8 cm³/mol. The molecule has 0 atom stereocenters. The molecule has 3 rings (SSSR count). The summed E-state index contributed by atoms with van der Waals surface area (Å²) in [4.78, 5) is 23.3. The Bertz CT molecular complexity index is 782. The highest BCUT2D eigenvalue weighted by Gasteiger charge is 2.14. The molecule has 19 heavy (non-hydrogen) atoms. The van der Waals surface area contributed by atoms with Gasteiger partial charge in [-0.1, -0.05) is 0 Å². The van der Waals surface area contributed by atoms with Crippen molar-refractivity contribution in [1.29, 1.82) is 0 Å². The smallest absolute Gasteiger partial charge is 0.358 e. The summed E-state index contributed by atoms with van der Waals surface area (Å²) in [6.07, 6.45) is 4.49. The van der Waals surface area contributed by atoms with Gasteiger partial charge in [0.15, 0.2) is 17.2 Å². The van der Waals surface area contributed by atoms with Crippen LogP contribution in [0.4, 0.5) is 5.69 Å². The molecule has 0 aromatic carbocycles. The van der Waals surface area contributed by atoms with Crippen molar-refractivity contribution in [3.63, 3.8) is 0 Å². The van der Waals surface area contributed by atoms with E-state index in [2.05, 4.69) is 20.1 Å². The van der Waals surface area contributed by atoms with Crippen molar-refractivity contribution in [3.05, 3.63) is 36.4 Å². The van der Waals surface area contributed by atoms with Crippen LogP contribution in [0.2, 0.25) is 0 Å². The summed E-state index contributed by atoms with van der Waals surface area (Å²) in [6, 6.07) is 3.39. The quantitative estimate of drug-likeness (QED) is 0.684. The van der Waals surface area contributed by atoms with Gasteiger partial charge in [0.1, 0.15) is 5.52 Å². The lowest BCUT2D eigenvalue weighted by molar-refractivity contribution is 0.0691. The lowest BCUT2D eigenvalue weighted by atomic mass is 10.4. The second-order valence-electron chi connectivity index (χ2n) is 3.75. The monoisotopic (exact) mass is 256 g/mol. The molecule has 94 valence electrons. The van der Waals surface area contributed by atoms with Crippen molar-refractivity contribution >= 4 is 22.8 Å². The maximum absolute atomic E-state index is 10.9. The van der Waals surface area contributed by atoms with Gasteiger partial charge in [-0.2, -0.15) is 5.10 Å². The van der Waals surface area contributed by atoms with Gasteiger partial charge in [-0.15, -0.1) is 0 Å². The summed E-state index contributed by atoms with van der Waals surface area (Å²) in [5.41, 5.74) is 6.54. The predicted octanol–water partition coefficient (Wildman–Crippen LogP) is 0.491. The Morgan fingerprint density at radius 2 is 2.05 bits per heavy atom. The third-order valence-electron chi connectivity index (χ3n) is 2.50. The van der Waals surface area contributed by atoms with Crippen molar-refractivity contribution in [2.75, 3.05) is 5.73 Å². The average molecular weight is 256 g/mol. The van der Waals surface area contributed by atoms with Gasteiger partial charge in [0, 0.05) is 12.4 Å². The van der Waals surface area contributed by atoms with Gasteiger partial charge in [-0.05, 0) is 12.1 Å². The van der Waals surface area contributed by atoms with Gasteiger partial charge < -0.3 is 10.8 Å². The fraction of sp³-hybridized carbons (Fsp3) is 0. The van der Waals surface area contributed by atoms with E-state index in [1.165, 1.54) is 17.1 Å². The second kappa shape index (κ2) is 4.02. The second-order valence-corrected chi connectivity index (χ2v) is 3.75. The number of hydrogen-bond donors (Lipinski definition) is 2. The zero-order valence-electron chi connectivity index (χ0n) is 9.56. The highest BCUT2D eigenvalue weighted by atomic mass is 16.4. The zero-order valence-corrected chi connectivity index (χ0v) is 9.56. The molecular weight excluding hydrogens is 248 g/mol. The number of aromatic carboxylic acids is 1. The normalized spacial score (nSPS) is 10.7. The molecular formula is C11H8N6O2. The molecule has 0 bridgehead atoms. The molecule has 3 heterocycles. The molecule has 3 N–H and O–H groups in total. The third-order valence-corrected chi connectivity index (χ3v) is 2.50. The molecule has 0 aliphatic rings. The van der Waals surface area contributed by atoms with Crippen LogP contribution >= 0.6 is 0 Å². The Morgan fingerprint density at radius 3 is 2.79 bits per heavy atom. The molecule has 0 saturated carbocycles. The van der Waals surface area contributed by atoms with Crippen LogP contribution in [-0.4, -0.2) is 35.8 Å². The molecule has 0 fully saturated rings. The Kier molecular flexibility index (Phi) is 2.34. The molecule has 0 aliphatic carbocycles. The summed E-state index contributed by atoms with van der Waals surface area (Å²) < 4.78 is 1.30. The van der Waals surface area contributed by atoms with Crippen molar-refractivity contribution in [2.45, 2.75) is 0 Å². The van der Waals surface area contributed by atoms with Crippen LogP contribution in [0.25, 0.3) is 17.0 Å². The van der Waals surface area contributed by atoms with Gasteiger partial charge in [-0.3, -0.25) is 4.98 Å². The van der Waals surface area contributed by atoms with Crippen LogP contribution in [0.1, 0.15) is 10.5 Å². The fourth-order valence-corrected chi connectivity index (χ4v) is 1.64. The van der Waals surface area contributed by atoms with Crippen LogP contribution in [-0.2, 0) is 0 Å². The van der Waals surface area contributed by atoms with E-state index in [1.54, 1.807) is 18.3 Å². The third kappa shape index (κ3) is 1.84. The largest absolute Gasteiger partial charge is 0.476 e. The number of rotatable bonds is 2. The highest BCUT2D eigenvalue weighted by Crippen LogP contribution is 2.14. The first-order chi connectivity index (χ1) is 9.15. The minimum Gasteiger partial charge on any atom is -0.476 e. The Labute approximate surface area is 106 Å². The van der Waals surface area contributed by atoms with E-state index in [4.69, 9.17) is 10.8 Å². The van der Waals surface area contributed by atoms with Crippen LogP contribution in [0.15, 0.2) is 30.7 Å². The number of fused-ring (bicyclic) bond motifs is 1. The first-order valence-corrected chi connectivity index (χ1v) is 5.32. The van der Waals surface area contributed by atoms with Crippen molar-refractivity contribution < 1.29 is 9.90 Å². The lowest BCUT2D eigenvalue weighted by Crippen LogP contribution is -2.03. The van der Waals surface area contributed by atoms with Crippen molar-refractivity contribution in [2.24, 2.45) is 0 Å². The van der Waals surface area contributed by atoms with E-state index >= 15 is 0 Å². The number of carbonyl (C=O) groups is 1. The number of anilines is 1.